The van der Waals surface area contributed by atoms with Crippen molar-refractivity contribution in [3.63, 3.8) is 0 Å². The van der Waals surface area contributed by atoms with Crippen LogP contribution >= 0.6 is 0 Å². The van der Waals surface area contributed by atoms with E-state index in [2.05, 4.69) is 10.6 Å². The van der Waals surface area contributed by atoms with Gasteiger partial charge in [0.15, 0.2) is 0 Å². The van der Waals surface area contributed by atoms with Crippen molar-refractivity contribution in [2.45, 2.75) is 45.4 Å². The summed E-state index contributed by atoms with van der Waals surface area (Å²) in [6, 6.07) is 20.6. The maximum absolute atomic E-state index is 13.8. The van der Waals surface area contributed by atoms with E-state index in [-0.39, 0.29) is 52.9 Å². The quantitative estimate of drug-likeness (QED) is 0.253. The van der Waals surface area contributed by atoms with Crippen molar-refractivity contribution in [3.05, 3.63) is 110 Å². The molecular weight excluding hydrogens is 564 g/mol. The molecule has 2 amide bonds. The fraction of sp³-hybridized carbons (Fsp3) is 0.303. The smallest absolute Gasteiger partial charge is 0.340 e. The summed E-state index contributed by atoms with van der Waals surface area (Å²) in [6.07, 6.45) is 1.86. The lowest BCUT2D eigenvalue weighted by atomic mass is 10.1. The van der Waals surface area contributed by atoms with Crippen LogP contribution < -0.4 is 21.9 Å². The van der Waals surface area contributed by atoms with Crippen molar-refractivity contribution in [2.75, 3.05) is 25.1 Å². The molecular formula is C33H34N4O7. The van der Waals surface area contributed by atoms with E-state index in [1.807, 2.05) is 30.3 Å². The van der Waals surface area contributed by atoms with Crippen molar-refractivity contribution in [1.29, 1.82) is 0 Å². The lowest BCUT2D eigenvalue weighted by Gasteiger charge is -2.17. The van der Waals surface area contributed by atoms with Gasteiger partial charge in [0.05, 0.1) is 41.4 Å². The van der Waals surface area contributed by atoms with Crippen LogP contribution in [0.3, 0.4) is 0 Å². The molecule has 0 radical (unpaired) electrons. The monoisotopic (exact) mass is 598 g/mol. The maximum Gasteiger partial charge on any atom is 0.340 e. The number of hydrogen-bond acceptors (Lipinski definition) is 7. The number of ether oxygens (including phenoxy) is 2. The van der Waals surface area contributed by atoms with E-state index in [0.29, 0.717) is 26.0 Å². The zero-order chi connectivity index (χ0) is 31.1. The number of benzene rings is 3. The summed E-state index contributed by atoms with van der Waals surface area (Å²) in [5.41, 5.74) is 0.616. The standard InChI is InChI=1S/C33H34N4O7/c1-2-43-32(41)25-12-6-7-13-27(25)35-29(38)21-36-28-19-23(30(39)34-17-16-22-9-4-3-5-10-22)14-15-26(28)31(40)37(33(36)42)20-24-11-8-18-44-24/h3-7,9-10,12-15,19,24H,2,8,11,16-18,20-21H2,1H3,(H,34,39)(H,35,38)/t24-/m0/s1. The Balaban J connectivity index is 1.47. The molecule has 2 heterocycles. The van der Waals surface area contributed by atoms with Gasteiger partial charge in [-0.3, -0.25) is 23.5 Å². The summed E-state index contributed by atoms with van der Waals surface area (Å²) in [6.45, 7) is 2.35. The van der Waals surface area contributed by atoms with Crippen molar-refractivity contribution in [3.8, 4) is 0 Å². The van der Waals surface area contributed by atoms with Crippen molar-refractivity contribution in [2.24, 2.45) is 0 Å². The third kappa shape index (κ3) is 6.95. The number of nitrogens with one attached hydrogen (secondary N) is 2. The Hall–Kier alpha value is -5.03. The molecule has 1 fully saturated rings. The second-order valence-electron chi connectivity index (χ2n) is 10.5. The Kier molecular flexibility index (Phi) is 9.65. The third-order valence-corrected chi connectivity index (χ3v) is 7.44. The Morgan fingerprint density at radius 1 is 0.977 bits per heavy atom. The first kappa shape index (κ1) is 30.4. The van der Waals surface area contributed by atoms with Crippen LogP contribution in [0.5, 0.6) is 0 Å². The molecule has 11 nitrogen and oxygen atoms in total. The van der Waals surface area contributed by atoms with Gasteiger partial charge in [-0.1, -0.05) is 42.5 Å². The minimum absolute atomic E-state index is 0.0443. The number of carbonyl (C=O) groups excluding carboxylic acids is 3. The molecule has 2 N–H and O–H groups in total. The molecule has 1 saturated heterocycles. The number of fused-ring (bicyclic) bond motifs is 1. The first-order valence-electron chi connectivity index (χ1n) is 14.6. The van der Waals surface area contributed by atoms with Gasteiger partial charge < -0.3 is 20.1 Å². The molecule has 0 unspecified atom stereocenters. The van der Waals surface area contributed by atoms with Gasteiger partial charge in [-0.05, 0) is 62.1 Å². The van der Waals surface area contributed by atoms with Crippen LogP contribution in [0.4, 0.5) is 5.69 Å². The number of anilines is 1. The van der Waals surface area contributed by atoms with E-state index in [1.54, 1.807) is 25.1 Å². The van der Waals surface area contributed by atoms with Crippen LogP contribution in [0.25, 0.3) is 10.9 Å². The largest absolute Gasteiger partial charge is 0.462 e. The number of para-hydroxylation sites is 1. The molecule has 228 valence electrons. The van der Waals surface area contributed by atoms with E-state index in [1.165, 1.54) is 28.8 Å². The summed E-state index contributed by atoms with van der Waals surface area (Å²) in [7, 11) is 0. The van der Waals surface area contributed by atoms with Crippen molar-refractivity contribution in [1.82, 2.24) is 14.5 Å². The number of aromatic nitrogens is 2. The topological polar surface area (TPSA) is 138 Å². The Morgan fingerprint density at radius 3 is 2.50 bits per heavy atom. The lowest BCUT2D eigenvalue weighted by Crippen LogP contribution is -2.44. The van der Waals surface area contributed by atoms with Gasteiger partial charge >= 0.3 is 11.7 Å². The summed E-state index contributed by atoms with van der Waals surface area (Å²) < 4.78 is 13.0. The number of hydrogen-bond donors (Lipinski definition) is 2. The van der Waals surface area contributed by atoms with Gasteiger partial charge in [0.25, 0.3) is 11.5 Å². The minimum atomic E-state index is -0.700. The molecule has 5 rings (SSSR count). The molecule has 1 aliphatic heterocycles. The second kappa shape index (κ2) is 14.0. The highest BCUT2D eigenvalue weighted by atomic mass is 16.5. The van der Waals surface area contributed by atoms with Crippen LogP contribution in [-0.4, -0.2) is 52.8 Å². The van der Waals surface area contributed by atoms with Crippen molar-refractivity contribution < 1.29 is 23.9 Å². The normalized spacial score (nSPS) is 14.3. The average Bonchev–Trinajstić information content (AvgIpc) is 3.55. The van der Waals surface area contributed by atoms with Gasteiger partial charge in [-0.25, -0.2) is 9.59 Å². The molecule has 0 spiro atoms. The summed E-state index contributed by atoms with van der Waals surface area (Å²) in [5.74, 6) is -1.58. The highest BCUT2D eigenvalue weighted by Crippen LogP contribution is 2.18. The maximum atomic E-state index is 13.8. The molecule has 0 saturated carbocycles. The van der Waals surface area contributed by atoms with Gasteiger partial charge in [0, 0.05) is 18.7 Å². The van der Waals surface area contributed by atoms with E-state index < -0.39 is 29.7 Å². The molecule has 3 aromatic carbocycles. The predicted molar refractivity (Wildman–Crippen MR) is 165 cm³/mol. The van der Waals surface area contributed by atoms with Crippen LogP contribution in [0.1, 0.15) is 46.0 Å². The summed E-state index contributed by atoms with van der Waals surface area (Å²) >= 11 is 0. The second-order valence-corrected chi connectivity index (χ2v) is 10.5. The first-order chi connectivity index (χ1) is 21.4. The number of amides is 2. The van der Waals surface area contributed by atoms with Gasteiger partial charge in [0.2, 0.25) is 5.91 Å². The minimum Gasteiger partial charge on any atom is -0.462 e. The Bertz CT molecular complexity index is 1790. The average molecular weight is 599 g/mol. The molecule has 0 bridgehead atoms. The number of nitrogens with zero attached hydrogens (tertiary/aromatic N) is 2. The number of rotatable bonds is 11. The van der Waals surface area contributed by atoms with Gasteiger partial charge in [-0.2, -0.15) is 0 Å². The summed E-state index contributed by atoms with van der Waals surface area (Å²) in [4.78, 5) is 66.1. The van der Waals surface area contributed by atoms with Crippen LogP contribution in [-0.2, 0) is 33.8 Å². The van der Waals surface area contributed by atoms with E-state index >= 15 is 0 Å². The zero-order valence-corrected chi connectivity index (χ0v) is 24.4. The molecule has 1 aromatic heterocycles. The number of esters is 1. The molecule has 1 atom stereocenters. The number of carbonyl (C=O) groups is 3. The van der Waals surface area contributed by atoms with Crippen LogP contribution in [0.15, 0.2) is 82.4 Å². The Labute approximate surface area is 253 Å². The van der Waals surface area contributed by atoms with E-state index in [0.717, 1.165) is 16.6 Å². The van der Waals surface area contributed by atoms with Crippen LogP contribution in [0, 0.1) is 0 Å². The molecule has 0 aliphatic carbocycles. The summed E-state index contributed by atoms with van der Waals surface area (Å²) in [5, 5.41) is 5.74. The SMILES string of the molecule is CCOC(=O)c1ccccc1NC(=O)Cn1c(=O)n(C[C@@H]2CCCO2)c(=O)c2ccc(C(=O)NCCc3ccccc3)cc21. The molecule has 44 heavy (non-hydrogen) atoms. The van der Waals surface area contributed by atoms with E-state index in [4.69, 9.17) is 9.47 Å². The lowest BCUT2D eigenvalue weighted by molar-refractivity contribution is -0.116. The zero-order valence-electron chi connectivity index (χ0n) is 24.4. The molecule has 11 heteroatoms. The van der Waals surface area contributed by atoms with Gasteiger partial charge in [-0.15, -0.1) is 0 Å². The fourth-order valence-corrected chi connectivity index (χ4v) is 5.24. The highest BCUT2D eigenvalue weighted by Gasteiger charge is 2.23. The predicted octanol–water partition coefficient (Wildman–Crippen LogP) is 3.13. The highest BCUT2D eigenvalue weighted by molar-refractivity contribution is 6.02. The third-order valence-electron chi connectivity index (χ3n) is 7.44. The van der Waals surface area contributed by atoms with Gasteiger partial charge in [0.1, 0.15) is 6.54 Å². The first-order valence-corrected chi connectivity index (χ1v) is 14.6. The van der Waals surface area contributed by atoms with Crippen LogP contribution in [0.2, 0.25) is 0 Å². The fourth-order valence-electron chi connectivity index (χ4n) is 5.24. The molecule has 4 aromatic rings. The van der Waals surface area contributed by atoms with Crippen molar-refractivity contribution >= 4 is 34.4 Å². The molecule has 1 aliphatic rings. The Morgan fingerprint density at radius 2 is 1.75 bits per heavy atom. The van der Waals surface area contributed by atoms with E-state index in [9.17, 15) is 24.0 Å².